The van der Waals surface area contributed by atoms with Crippen LogP contribution in [0.3, 0.4) is 0 Å². The summed E-state index contributed by atoms with van der Waals surface area (Å²) in [6, 6.07) is 9.88. The molecular weight excluding hydrogens is 430 g/mol. The van der Waals surface area contributed by atoms with Gasteiger partial charge in [0.1, 0.15) is 5.56 Å². The van der Waals surface area contributed by atoms with E-state index in [1.165, 1.54) is 13.2 Å². The summed E-state index contributed by atoms with van der Waals surface area (Å²) in [7, 11) is 1.33. The Balaban J connectivity index is 2.07. The summed E-state index contributed by atoms with van der Waals surface area (Å²) in [5.41, 5.74) is 0.708. The molecule has 0 bridgehead atoms. The first-order chi connectivity index (χ1) is 15.7. The molecule has 1 amide bonds. The van der Waals surface area contributed by atoms with Gasteiger partial charge in [-0.3, -0.25) is 14.9 Å². The Morgan fingerprint density at radius 3 is 2.30 bits per heavy atom. The van der Waals surface area contributed by atoms with Gasteiger partial charge >= 0.3 is 5.97 Å². The van der Waals surface area contributed by atoms with Crippen LogP contribution < -0.4 is 19.7 Å². The molecule has 33 heavy (non-hydrogen) atoms. The standard InChI is InChI=1S/C23H29N3O7/c1-6-25(15(3)4)17-10-8-16(9-11-17)24-22(27)14-33-23(28)18-12-21(32-7-2)20(31-5)13-19(18)26(29)30/h8-13,15H,6-7,14H2,1-5H3,(H,24,27). The third-order valence-electron chi connectivity index (χ3n) is 4.78. The van der Waals surface area contributed by atoms with Crippen molar-refractivity contribution in [2.45, 2.75) is 33.7 Å². The zero-order chi connectivity index (χ0) is 24.5. The quantitative estimate of drug-likeness (QED) is 0.304. The number of nitro benzene ring substituents is 1. The van der Waals surface area contributed by atoms with Crippen LogP contribution in [0, 0.1) is 10.1 Å². The minimum absolute atomic E-state index is 0.111. The summed E-state index contributed by atoms with van der Waals surface area (Å²) in [4.78, 5) is 37.6. The SMILES string of the molecule is CCOc1cc(C(=O)OCC(=O)Nc2ccc(N(CC)C(C)C)cc2)c([N+](=O)[O-])cc1OC. The van der Waals surface area contributed by atoms with E-state index in [0.29, 0.717) is 11.7 Å². The first-order valence-electron chi connectivity index (χ1n) is 10.5. The highest BCUT2D eigenvalue weighted by molar-refractivity contribution is 5.98. The molecular formula is C23H29N3O7. The molecule has 10 nitrogen and oxygen atoms in total. The molecule has 0 saturated heterocycles. The normalized spacial score (nSPS) is 10.5. The third-order valence-corrected chi connectivity index (χ3v) is 4.78. The van der Waals surface area contributed by atoms with Gasteiger partial charge in [0.15, 0.2) is 18.1 Å². The highest BCUT2D eigenvalue weighted by Crippen LogP contribution is 2.35. The van der Waals surface area contributed by atoms with Crippen LogP contribution in [0.2, 0.25) is 0 Å². The average Bonchev–Trinajstić information content (AvgIpc) is 2.78. The molecule has 0 fully saturated rings. The number of carbonyl (C=O) groups excluding carboxylic acids is 2. The molecule has 2 aromatic carbocycles. The van der Waals surface area contributed by atoms with Crippen molar-refractivity contribution in [1.82, 2.24) is 0 Å². The van der Waals surface area contributed by atoms with Crippen LogP contribution >= 0.6 is 0 Å². The Bertz CT molecular complexity index is 990. The van der Waals surface area contributed by atoms with Crippen molar-refractivity contribution < 1.29 is 28.7 Å². The van der Waals surface area contributed by atoms with Gasteiger partial charge < -0.3 is 24.4 Å². The van der Waals surface area contributed by atoms with E-state index in [1.807, 2.05) is 12.1 Å². The van der Waals surface area contributed by atoms with Crippen LogP contribution in [0.1, 0.15) is 38.1 Å². The van der Waals surface area contributed by atoms with Crippen LogP contribution in [0.5, 0.6) is 11.5 Å². The van der Waals surface area contributed by atoms with Gasteiger partial charge in [-0.25, -0.2) is 4.79 Å². The van der Waals surface area contributed by atoms with Gasteiger partial charge in [0.2, 0.25) is 0 Å². The zero-order valence-corrected chi connectivity index (χ0v) is 19.4. The fourth-order valence-electron chi connectivity index (χ4n) is 3.28. The molecule has 0 aliphatic rings. The lowest BCUT2D eigenvalue weighted by molar-refractivity contribution is -0.385. The molecule has 0 heterocycles. The fraction of sp³-hybridized carbons (Fsp3) is 0.391. The van der Waals surface area contributed by atoms with E-state index in [9.17, 15) is 19.7 Å². The summed E-state index contributed by atoms with van der Waals surface area (Å²) < 4.78 is 15.5. The Morgan fingerprint density at radius 2 is 1.79 bits per heavy atom. The number of nitro groups is 1. The Labute approximate surface area is 192 Å². The molecule has 1 N–H and O–H groups in total. The first-order valence-corrected chi connectivity index (χ1v) is 10.5. The van der Waals surface area contributed by atoms with Gasteiger partial charge in [-0.2, -0.15) is 0 Å². The number of ether oxygens (including phenoxy) is 3. The third kappa shape index (κ3) is 6.58. The second-order valence-corrected chi connectivity index (χ2v) is 7.26. The number of nitrogens with zero attached hydrogens (tertiary/aromatic N) is 2. The number of benzene rings is 2. The van der Waals surface area contributed by atoms with E-state index in [1.54, 1.807) is 19.1 Å². The summed E-state index contributed by atoms with van der Waals surface area (Å²) in [5, 5.41) is 14.0. The van der Waals surface area contributed by atoms with Crippen LogP contribution in [0.4, 0.5) is 17.1 Å². The van der Waals surface area contributed by atoms with Gasteiger partial charge in [0.25, 0.3) is 11.6 Å². The maximum Gasteiger partial charge on any atom is 0.345 e. The molecule has 178 valence electrons. The van der Waals surface area contributed by atoms with E-state index in [2.05, 4.69) is 31.0 Å². The number of esters is 1. The van der Waals surface area contributed by atoms with Crippen LogP contribution in [-0.2, 0) is 9.53 Å². The molecule has 0 radical (unpaired) electrons. The minimum Gasteiger partial charge on any atom is -0.493 e. The van der Waals surface area contributed by atoms with Gasteiger partial charge in [-0.1, -0.05) is 0 Å². The van der Waals surface area contributed by atoms with Gasteiger partial charge in [-0.05, 0) is 52.0 Å². The lowest BCUT2D eigenvalue weighted by atomic mass is 10.1. The van der Waals surface area contributed by atoms with Crippen molar-refractivity contribution in [3.8, 4) is 11.5 Å². The Kier molecular flexibility index (Phi) is 9.02. The first kappa shape index (κ1) is 25.4. The molecule has 2 aromatic rings. The highest BCUT2D eigenvalue weighted by Gasteiger charge is 2.26. The van der Waals surface area contributed by atoms with Crippen molar-refractivity contribution in [1.29, 1.82) is 0 Å². The summed E-state index contributed by atoms with van der Waals surface area (Å²) in [6.45, 7) is 8.47. The Hall–Kier alpha value is -3.82. The number of anilines is 2. The molecule has 0 atom stereocenters. The lowest BCUT2D eigenvalue weighted by Crippen LogP contribution is -2.30. The van der Waals surface area contributed by atoms with Crippen molar-refractivity contribution in [3.05, 3.63) is 52.1 Å². The number of hydrogen-bond donors (Lipinski definition) is 1. The van der Waals surface area contributed by atoms with E-state index in [0.717, 1.165) is 18.3 Å². The average molecular weight is 459 g/mol. The lowest BCUT2D eigenvalue weighted by Gasteiger charge is -2.27. The number of amides is 1. The van der Waals surface area contributed by atoms with Crippen molar-refractivity contribution in [3.63, 3.8) is 0 Å². The van der Waals surface area contributed by atoms with E-state index < -0.39 is 29.1 Å². The topological polar surface area (TPSA) is 120 Å². The van der Waals surface area contributed by atoms with Gasteiger partial charge in [-0.15, -0.1) is 0 Å². The molecule has 2 rings (SSSR count). The molecule has 0 aliphatic carbocycles. The molecule has 0 saturated carbocycles. The smallest absolute Gasteiger partial charge is 0.345 e. The summed E-state index contributed by atoms with van der Waals surface area (Å²) in [5.74, 6) is -1.33. The maximum absolute atomic E-state index is 12.5. The van der Waals surface area contributed by atoms with Crippen LogP contribution in [0.15, 0.2) is 36.4 Å². The van der Waals surface area contributed by atoms with Crippen molar-refractivity contribution in [2.24, 2.45) is 0 Å². The maximum atomic E-state index is 12.5. The predicted octanol–water partition coefficient (Wildman–Crippen LogP) is 4.03. The van der Waals surface area contributed by atoms with E-state index in [-0.39, 0.29) is 23.7 Å². The molecule has 10 heteroatoms. The molecule has 0 aliphatic heterocycles. The number of hydrogen-bond acceptors (Lipinski definition) is 8. The zero-order valence-electron chi connectivity index (χ0n) is 19.4. The summed E-state index contributed by atoms with van der Waals surface area (Å²) >= 11 is 0. The monoisotopic (exact) mass is 459 g/mol. The van der Waals surface area contributed by atoms with E-state index in [4.69, 9.17) is 14.2 Å². The largest absolute Gasteiger partial charge is 0.493 e. The van der Waals surface area contributed by atoms with Crippen molar-refractivity contribution in [2.75, 3.05) is 37.1 Å². The summed E-state index contributed by atoms with van der Waals surface area (Å²) in [6.07, 6.45) is 0. The molecule has 0 spiro atoms. The number of methoxy groups -OCH3 is 1. The number of nitrogens with one attached hydrogen (secondary N) is 1. The predicted molar refractivity (Wildman–Crippen MR) is 124 cm³/mol. The second-order valence-electron chi connectivity index (χ2n) is 7.26. The number of carbonyl (C=O) groups is 2. The highest BCUT2D eigenvalue weighted by atomic mass is 16.6. The fourth-order valence-corrected chi connectivity index (χ4v) is 3.28. The van der Waals surface area contributed by atoms with Crippen LogP contribution in [0.25, 0.3) is 0 Å². The number of rotatable bonds is 11. The molecule has 0 unspecified atom stereocenters. The van der Waals surface area contributed by atoms with Gasteiger partial charge in [0.05, 0.1) is 24.7 Å². The van der Waals surface area contributed by atoms with Crippen molar-refractivity contribution >= 4 is 28.9 Å². The second kappa shape index (κ2) is 11.7. The minimum atomic E-state index is -1.02. The van der Waals surface area contributed by atoms with Gasteiger partial charge in [0, 0.05) is 30.0 Å². The van der Waals surface area contributed by atoms with Crippen LogP contribution in [-0.4, -0.2) is 49.7 Å². The Morgan fingerprint density at radius 1 is 1.12 bits per heavy atom. The molecule has 0 aromatic heterocycles. The van der Waals surface area contributed by atoms with E-state index >= 15 is 0 Å².